The van der Waals surface area contributed by atoms with E-state index in [9.17, 15) is 9.59 Å². The van der Waals surface area contributed by atoms with Gasteiger partial charge in [0.25, 0.3) is 0 Å². The number of hydrogen-bond donors (Lipinski definition) is 1. The SMILES string of the molecule is O=C(CC(c1cccc2ccccc12)n1cccc1)NCCN1CCCC1=O. The van der Waals surface area contributed by atoms with Crippen molar-refractivity contribution >= 4 is 22.6 Å². The van der Waals surface area contributed by atoms with E-state index in [0.29, 0.717) is 25.9 Å². The highest BCUT2D eigenvalue weighted by Gasteiger charge is 2.21. The minimum Gasteiger partial charge on any atom is -0.354 e. The van der Waals surface area contributed by atoms with Crippen LogP contribution in [0, 0.1) is 0 Å². The molecule has 1 atom stereocenters. The zero-order chi connectivity index (χ0) is 19.3. The lowest BCUT2D eigenvalue weighted by Crippen LogP contribution is -2.36. The van der Waals surface area contributed by atoms with Gasteiger partial charge in [0, 0.05) is 38.4 Å². The van der Waals surface area contributed by atoms with Crippen molar-refractivity contribution in [1.29, 1.82) is 0 Å². The van der Waals surface area contributed by atoms with Crippen LogP contribution in [0.4, 0.5) is 0 Å². The summed E-state index contributed by atoms with van der Waals surface area (Å²) in [5.74, 6) is 0.188. The number of aromatic nitrogens is 1. The molecule has 2 aromatic carbocycles. The molecular weight excluding hydrogens is 350 g/mol. The molecule has 1 aromatic heterocycles. The molecule has 5 nitrogen and oxygen atoms in total. The van der Waals surface area contributed by atoms with Gasteiger partial charge < -0.3 is 14.8 Å². The minimum atomic E-state index is -0.0745. The Kier molecular flexibility index (Phi) is 5.42. The number of nitrogens with zero attached hydrogens (tertiary/aromatic N) is 2. The first kappa shape index (κ1) is 18.3. The third-order valence-electron chi connectivity index (χ3n) is 5.42. The van der Waals surface area contributed by atoms with Gasteiger partial charge in [-0.15, -0.1) is 0 Å². The normalized spacial score (nSPS) is 15.1. The van der Waals surface area contributed by atoms with Crippen LogP contribution >= 0.6 is 0 Å². The summed E-state index contributed by atoms with van der Waals surface area (Å²) in [5.41, 5.74) is 1.14. The molecule has 1 unspecified atom stereocenters. The summed E-state index contributed by atoms with van der Waals surface area (Å²) in [4.78, 5) is 26.2. The molecule has 28 heavy (non-hydrogen) atoms. The summed E-state index contributed by atoms with van der Waals surface area (Å²) in [7, 11) is 0. The number of rotatable bonds is 7. The molecule has 1 fully saturated rings. The monoisotopic (exact) mass is 375 g/mol. The number of benzene rings is 2. The maximum absolute atomic E-state index is 12.7. The van der Waals surface area contributed by atoms with Gasteiger partial charge in [0.15, 0.2) is 0 Å². The molecule has 1 N–H and O–H groups in total. The average Bonchev–Trinajstić information content (AvgIpc) is 3.38. The third-order valence-corrected chi connectivity index (χ3v) is 5.42. The fraction of sp³-hybridized carbons (Fsp3) is 0.304. The Morgan fingerprint density at radius 2 is 1.82 bits per heavy atom. The van der Waals surface area contributed by atoms with Crippen LogP contribution in [-0.2, 0) is 9.59 Å². The molecule has 5 heteroatoms. The maximum Gasteiger partial charge on any atom is 0.222 e. The lowest BCUT2D eigenvalue weighted by atomic mass is 9.96. The number of hydrogen-bond acceptors (Lipinski definition) is 2. The predicted molar refractivity (Wildman–Crippen MR) is 110 cm³/mol. The lowest BCUT2D eigenvalue weighted by molar-refractivity contribution is -0.128. The van der Waals surface area contributed by atoms with Crippen molar-refractivity contribution in [3.8, 4) is 0 Å². The van der Waals surface area contributed by atoms with Crippen LogP contribution in [0.15, 0.2) is 67.0 Å². The third kappa shape index (κ3) is 3.93. The fourth-order valence-electron chi connectivity index (χ4n) is 3.99. The van der Waals surface area contributed by atoms with Gasteiger partial charge in [-0.1, -0.05) is 42.5 Å². The summed E-state index contributed by atoms with van der Waals surface area (Å²) < 4.78 is 2.09. The standard InChI is InChI=1S/C23H25N3O2/c27-22(24-12-16-26-15-6-11-23(26)28)17-21(25-13-3-4-14-25)20-10-5-8-18-7-1-2-9-19(18)20/h1-5,7-10,13-14,21H,6,11-12,15-17H2,(H,24,27). The highest BCUT2D eigenvalue weighted by atomic mass is 16.2. The Morgan fingerprint density at radius 1 is 1.04 bits per heavy atom. The van der Waals surface area contributed by atoms with Crippen LogP contribution in [0.1, 0.15) is 30.9 Å². The van der Waals surface area contributed by atoms with E-state index in [2.05, 4.69) is 34.1 Å². The van der Waals surface area contributed by atoms with Crippen molar-refractivity contribution in [3.05, 3.63) is 72.6 Å². The second kappa shape index (κ2) is 8.30. The highest BCUT2D eigenvalue weighted by Crippen LogP contribution is 2.29. The van der Waals surface area contributed by atoms with E-state index in [1.165, 1.54) is 10.8 Å². The summed E-state index contributed by atoms with van der Waals surface area (Å²) in [6.45, 7) is 1.89. The van der Waals surface area contributed by atoms with Crippen LogP contribution in [0.5, 0.6) is 0 Å². The van der Waals surface area contributed by atoms with Gasteiger partial charge in [-0.3, -0.25) is 9.59 Å². The zero-order valence-corrected chi connectivity index (χ0v) is 15.9. The van der Waals surface area contributed by atoms with Crippen LogP contribution in [-0.4, -0.2) is 40.9 Å². The van der Waals surface area contributed by atoms with Crippen molar-refractivity contribution in [2.75, 3.05) is 19.6 Å². The number of carbonyl (C=O) groups is 2. The van der Waals surface area contributed by atoms with Gasteiger partial charge in [0.1, 0.15) is 0 Å². The molecule has 1 aliphatic heterocycles. The fourth-order valence-corrected chi connectivity index (χ4v) is 3.99. The molecule has 144 valence electrons. The van der Waals surface area contributed by atoms with Gasteiger partial charge in [-0.25, -0.2) is 0 Å². The largest absolute Gasteiger partial charge is 0.354 e. The zero-order valence-electron chi connectivity index (χ0n) is 15.9. The Balaban J connectivity index is 1.49. The molecule has 4 rings (SSSR count). The van der Waals surface area contributed by atoms with E-state index in [4.69, 9.17) is 0 Å². The molecule has 0 spiro atoms. The summed E-state index contributed by atoms with van der Waals surface area (Å²) in [6, 6.07) is 18.4. The van der Waals surface area contributed by atoms with E-state index in [-0.39, 0.29) is 17.9 Å². The smallest absolute Gasteiger partial charge is 0.222 e. The Labute approximate surface area is 165 Å². The molecular formula is C23H25N3O2. The Morgan fingerprint density at radius 3 is 2.61 bits per heavy atom. The van der Waals surface area contributed by atoms with Crippen LogP contribution in [0.25, 0.3) is 10.8 Å². The first-order valence-electron chi connectivity index (χ1n) is 9.87. The van der Waals surface area contributed by atoms with E-state index in [0.717, 1.165) is 18.5 Å². The van der Waals surface area contributed by atoms with E-state index >= 15 is 0 Å². The quantitative estimate of drug-likeness (QED) is 0.688. The number of carbonyl (C=O) groups excluding carboxylic acids is 2. The second-order valence-electron chi connectivity index (χ2n) is 7.25. The first-order chi connectivity index (χ1) is 13.7. The van der Waals surface area contributed by atoms with Crippen molar-refractivity contribution in [2.24, 2.45) is 0 Å². The predicted octanol–water partition coefficient (Wildman–Crippen LogP) is 3.36. The minimum absolute atomic E-state index is 0.00159. The van der Waals surface area contributed by atoms with Crippen LogP contribution in [0.2, 0.25) is 0 Å². The first-order valence-corrected chi connectivity index (χ1v) is 9.87. The molecule has 0 radical (unpaired) electrons. The Bertz CT molecular complexity index is 960. The van der Waals surface area contributed by atoms with Crippen molar-refractivity contribution in [2.45, 2.75) is 25.3 Å². The number of likely N-dealkylation sites (tertiary alicyclic amines) is 1. The van der Waals surface area contributed by atoms with Crippen molar-refractivity contribution < 1.29 is 9.59 Å². The number of amides is 2. The van der Waals surface area contributed by atoms with Crippen molar-refractivity contribution in [3.63, 3.8) is 0 Å². The van der Waals surface area contributed by atoms with Crippen molar-refractivity contribution in [1.82, 2.24) is 14.8 Å². The molecule has 1 aliphatic rings. The van der Waals surface area contributed by atoms with Gasteiger partial charge in [0.05, 0.1) is 12.5 Å². The Hall–Kier alpha value is -3.08. The van der Waals surface area contributed by atoms with E-state index in [1.54, 1.807) is 0 Å². The molecule has 1 saturated heterocycles. The second-order valence-corrected chi connectivity index (χ2v) is 7.25. The highest BCUT2D eigenvalue weighted by molar-refractivity contribution is 5.87. The molecule has 0 saturated carbocycles. The lowest BCUT2D eigenvalue weighted by Gasteiger charge is -2.22. The number of nitrogens with one attached hydrogen (secondary N) is 1. The maximum atomic E-state index is 12.7. The number of fused-ring (bicyclic) bond motifs is 1. The van der Waals surface area contributed by atoms with Gasteiger partial charge in [0.2, 0.25) is 11.8 Å². The average molecular weight is 375 g/mol. The van der Waals surface area contributed by atoms with Gasteiger partial charge in [-0.05, 0) is 34.9 Å². The topological polar surface area (TPSA) is 54.3 Å². The van der Waals surface area contributed by atoms with E-state index < -0.39 is 0 Å². The summed E-state index contributed by atoms with van der Waals surface area (Å²) in [6.07, 6.45) is 5.91. The molecule has 3 aromatic rings. The molecule has 0 bridgehead atoms. The summed E-state index contributed by atoms with van der Waals surface area (Å²) in [5, 5.41) is 5.33. The molecule has 2 amide bonds. The van der Waals surface area contributed by atoms with Crippen LogP contribution in [0.3, 0.4) is 0 Å². The van der Waals surface area contributed by atoms with E-state index in [1.807, 2.05) is 47.6 Å². The molecule has 0 aliphatic carbocycles. The molecule has 2 heterocycles. The van der Waals surface area contributed by atoms with Gasteiger partial charge >= 0.3 is 0 Å². The summed E-state index contributed by atoms with van der Waals surface area (Å²) >= 11 is 0. The van der Waals surface area contributed by atoms with Gasteiger partial charge in [-0.2, -0.15) is 0 Å². The van der Waals surface area contributed by atoms with Crippen LogP contribution < -0.4 is 5.32 Å².